The van der Waals surface area contributed by atoms with E-state index in [4.69, 9.17) is 11.6 Å². The number of aldehydes is 1. The Morgan fingerprint density at radius 3 is 2.12 bits per heavy atom. The standard InChI is InChI=1S/C14H14ClNO/c1-9-10(2)16(11(3)14(9)8-17)13-6-4-12(15)5-7-13/h4-8H,1-3H3. The Labute approximate surface area is 106 Å². The topological polar surface area (TPSA) is 22.0 Å². The van der Waals surface area contributed by atoms with E-state index in [0.29, 0.717) is 5.02 Å². The van der Waals surface area contributed by atoms with Crippen LogP contribution >= 0.6 is 11.6 Å². The molecule has 0 radical (unpaired) electrons. The Morgan fingerprint density at radius 2 is 1.65 bits per heavy atom. The van der Waals surface area contributed by atoms with E-state index >= 15 is 0 Å². The van der Waals surface area contributed by atoms with E-state index in [1.54, 1.807) is 0 Å². The van der Waals surface area contributed by atoms with Gasteiger partial charge in [-0.3, -0.25) is 4.79 Å². The first-order valence-electron chi connectivity index (χ1n) is 5.46. The van der Waals surface area contributed by atoms with Gasteiger partial charge in [0, 0.05) is 27.7 Å². The van der Waals surface area contributed by atoms with Crippen LogP contribution in [0, 0.1) is 20.8 Å². The van der Waals surface area contributed by atoms with Gasteiger partial charge in [0.2, 0.25) is 0 Å². The Balaban J connectivity index is 2.67. The molecule has 0 atom stereocenters. The van der Waals surface area contributed by atoms with Crippen LogP contribution in [0.25, 0.3) is 5.69 Å². The number of aromatic nitrogens is 1. The van der Waals surface area contributed by atoms with Crippen LogP contribution in [-0.4, -0.2) is 10.9 Å². The molecule has 0 spiro atoms. The van der Waals surface area contributed by atoms with Gasteiger partial charge in [-0.2, -0.15) is 0 Å². The minimum Gasteiger partial charge on any atom is -0.318 e. The van der Waals surface area contributed by atoms with Crippen molar-refractivity contribution in [1.29, 1.82) is 0 Å². The Hall–Kier alpha value is -1.54. The van der Waals surface area contributed by atoms with Gasteiger partial charge in [0.25, 0.3) is 0 Å². The lowest BCUT2D eigenvalue weighted by Gasteiger charge is -2.09. The molecule has 0 saturated carbocycles. The highest BCUT2D eigenvalue weighted by atomic mass is 35.5. The summed E-state index contributed by atoms with van der Waals surface area (Å²) in [5.74, 6) is 0. The van der Waals surface area contributed by atoms with Gasteiger partial charge in [-0.15, -0.1) is 0 Å². The SMILES string of the molecule is Cc1c(C=O)c(C)n(-c2ccc(Cl)cc2)c1C. The van der Waals surface area contributed by atoms with Gasteiger partial charge >= 0.3 is 0 Å². The van der Waals surface area contributed by atoms with Crippen molar-refractivity contribution < 1.29 is 4.79 Å². The lowest BCUT2D eigenvalue weighted by atomic mass is 10.1. The van der Waals surface area contributed by atoms with Crippen LogP contribution in [0.2, 0.25) is 5.02 Å². The summed E-state index contributed by atoms with van der Waals surface area (Å²) in [5, 5.41) is 0.712. The van der Waals surface area contributed by atoms with Crippen molar-refractivity contribution in [2.75, 3.05) is 0 Å². The Kier molecular flexibility index (Phi) is 3.07. The van der Waals surface area contributed by atoms with Crippen LogP contribution in [0.3, 0.4) is 0 Å². The predicted molar refractivity (Wildman–Crippen MR) is 70.4 cm³/mol. The molecular formula is C14H14ClNO. The molecule has 2 aromatic rings. The van der Waals surface area contributed by atoms with Gasteiger partial charge in [-0.25, -0.2) is 0 Å². The summed E-state index contributed by atoms with van der Waals surface area (Å²) < 4.78 is 2.08. The maximum Gasteiger partial charge on any atom is 0.152 e. The molecule has 1 aromatic carbocycles. The van der Waals surface area contributed by atoms with Crippen LogP contribution < -0.4 is 0 Å². The summed E-state index contributed by atoms with van der Waals surface area (Å²) in [5.41, 5.74) is 4.90. The third-order valence-electron chi connectivity index (χ3n) is 3.21. The number of halogens is 1. The molecule has 0 aliphatic carbocycles. The van der Waals surface area contributed by atoms with Gasteiger partial charge in [-0.05, 0) is 50.6 Å². The van der Waals surface area contributed by atoms with Gasteiger partial charge in [-0.1, -0.05) is 11.6 Å². The first kappa shape index (κ1) is 11.9. The fourth-order valence-electron chi connectivity index (χ4n) is 2.16. The van der Waals surface area contributed by atoms with E-state index in [2.05, 4.69) is 4.57 Å². The minimum absolute atomic E-state index is 0.712. The van der Waals surface area contributed by atoms with E-state index in [9.17, 15) is 4.79 Å². The molecule has 0 amide bonds. The number of rotatable bonds is 2. The molecule has 1 aromatic heterocycles. The van der Waals surface area contributed by atoms with Crippen LogP contribution in [0.5, 0.6) is 0 Å². The maximum absolute atomic E-state index is 11.1. The summed E-state index contributed by atoms with van der Waals surface area (Å²) >= 11 is 5.88. The van der Waals surface area contributed by atoms with Crippen LogP contribution in [-0.2, 0) is 0 Å². The molecule has 0 fully saturated rings. The fourth-order valence-corrected chi connectivity index (χ4v) is 2.28. The molecule has 0 bridgehead atoms. The normalized spacial score (nSPS) is 10.6. The lowest BCUT2D eigenvalue weighted by Crippen LogP contribution is -1.99. The molecule has 0 aliphatic rings. The van der Waals surface area contributed by atoms with Crippen LogP contribution in [0.1, 0.15) is 27.3 Å². The molecule has 3 heteroatoms. The molecule has 0 unspecified atom stereocenters. The first-order chi connectivity index (χ1) is 8.06. The second-order valence-electron chi connectivity index (χ2n) is 4.14. The summed E-state index contributed by atoms with van der Waals surface area (Å²) in [7, 11) is 0. The summed E-state index contributed by atoms with van der Waals surface area (Å²) in [6, 6.07) is 7.62. The monoisotopic (exact) mass is 247 g/mol. The molecule has 17 heavy (non-hydrogen) atoms. The molecule has 1 heterocycles. The average molecular weight is 248 g/mol. The summed E-state index contributed by atoms with van der Waals surface area (Å²) in [6.45, 7) is 5.95. The Bertz CT molecular complexity index is 567. The van der Waals surface area contributed by atoms with Crippen molar-refractivity contribution >= 4 is 17.9 Å². The third-order valence-corrected chi connectivity index (χ3v) is 3.46. The van der Waals surface area contributed by atoms with E-state index < -0.39 is 0 Å². The molecule has 0 N–H and O–H groups in total. The Morgan fingerprint density at radius 1 is 1.06 bits per heavy atom. The van der Waals surface area contributed by atoms with Crippen molar-refractivity contribution in [1.82, 2.24) is 4.57 Å². The fraction of sp³-hybridized carbons (Fsp3) is 0.214. The number of carbonyl (C=O) groups excluding carboxylic acids is 1. The minimum atomic E-state index is 0.712. The molecule has 0 saturated heterocycles. The number of hydrogen-bond donors (Lipinski definition) is 0. The van der Waals surface area contributed by atoms with Crippen molar-refractivity contribution in [2.45, 2.75) is 20.8 Å². The highest BCUT2D eigenvalue weighted by molar-refractivity contribution is 6.30. The number of benzene rings is 1. The van der Waals surface area contributed by atoms with E-state index in [1.165, 1.54) is 0 Å². The quantitative estimate of drug-likeness (QED) is 0.739. The third kappa shape index (κ3) is 1.89. The van der Waals surface area contributed by atoms with Gasteiger partial charge in [0.05, 0.1) is 0 Å². The predicted octanol–water partition coefficient (Wildman–Crippen LogP) is 3.87. The molecule has 0 aliphatic heterocycles. The van der Waals surface area contributed by atoms with E-state index in [-0.39, 0.29) is 0 Å². The second-order valence-corrected chi connectivity index (χ2v) is 4.58. The molecule has 2 nitrogen and oxygen atoms in total. The lowest BCUT2D eigenvalue weighted by molar-refractivity contribution is 0.112. The smallest absolute Gasteiger partial charge is 0.152 e. The van der Waals surface area contributed by atoms with Crippen LogP contribution in [0.15, 0.2) is 24.3 Å². The van der Waals surface area contributed by atoms with Gasteiger partial charge < -0.3 is 4.57 Å². The summed E-state index contributed by atoms with van der Waals surface area (Å²) in [6.07, 6.45) is 0.921. The number of nitrogens with zero attached hydrogens (tertiary/aromatic N) is 1. The maximum atomic E-state index is 11.1. The highest BCUT2D eigenvalue weighted by Gasteiger charge is 2.14. The van der Waals surface area contributed by atoms with Gasteiger partial charge in [0.15, 0.2) is 6.29 Å². The number of carbonyl (C=O) groups is 1. The number of hydrogen-bond acceptors (Lipinski definition) is 1. The van der Waals surface area contributed by atoms with Gasteiger partial charge in [0.1, 0.15) is 0 Å². The molecular weight excluding hydrogens is 234 g/mol. The average Bonchev–Trinajstić information content (AvgIpc) is 2.52. The first-order valence-corrected chi connectivity index (χ1v) is 5.83. The van der Waals surface area contributed by atoms with E-state index in [0.717, 1.165) is 34.5 Å². The van der Waals surface area contributed by atoms with E-state index in [1.807, 2.05) is 45.0 Å². The largest absolute Gasteiger partial charge is 0.318 e. The van der Waals surface area contributed by atoms with Crippen molar-refractivity contribution in [3.63, 3.8) is 0 Å². The molecule has 88 valence electrons. The summed E-state index contributed by atoms with van der Waals surface area (Å²) in [4.78, 5) is 11.1. The van der Waals surface area contributed by atoms with Crippen molar-refractivity contribution in [3.05, 3.63) is 51.8 Å². The zero-order valence-electron chi connectivity index (χ0n) is 10.1. The zero-order chi connectivity index (χ0) is 12.6. The second kappa shape index (κ2) is 4.38. The van der Waals surface area contributed by atoms with Crippen LogP contribution in [0.4, 0.5) is 0 Å². The van der Waals surface area contributed by atoms with Crippen molar-refractivity contribution in [3.8, 4) is 5.69 Å². The highest BCUT2D eigenvalue weighted by Crippen LogP contribution is 2.25. The zero-order valence-corrected chi connectivity index (χ0v) is 10.9. The van der Waals surface area contributed by atoms with Crippen molar-refractivity contribution in [2.24, 2.45) is 0 Å². The molecule has 2 rings (SSSR count).